The van der Waals surface area contributed by atoms with E-state index in [-0.39, 0.29) is 35.8 Å². The molecule has 0 bridgehead atoms. The molecule has 240 valence electrons. The Hall–Kier alpha value is -4.54. The topological polar surface area (TPSA) is 121 Å². The first-order valence-corrected chi connectivity index (χ1v) is 15.7. The van der Waals surface area contributed by atoms with E-state index < -0.39 is 62.9 Å². The van der Waals surface area contributed by atoms with Crippen LogP contribution in [0.4, 0.5) is 15.8 Å². The van der Waals surface area contributed by atoms with Crippen molar-refractivity contribution in [3.63, 3.8) is 0 Å². The molecule has 0 spiro atoms. The molecule has 4 aliphatic rings. The number of nitrogens with zero attached hydrogens (tertiary/aromatic N) is 2. The maximum atomic E-state index is 14.4. The van der Waals surface area contributed by atoms with Gasteiger partial charge in [0.1, 0.15) is 5.82 Å². The number of amides is 4. The molecule has 1 N–H and O–H groups in total. The molecule has 0 radical (unpaired) electrons. The van der Waals surface area contributed by atoms with E-state index in [0.29, 0.717) is 22.4 Å². The maximum absolute atomic E-state index is 14.4. The Balaban J connectivity index is 1.38. The van der Waals surface area contributed by atoms with Crippen molar-refractivity contribution in [3.05, 3.63) is 95.3 Å². The Kier molecular flexibility index (Phi) is 7.11. The van der Waals surface area contributed by atoms with Crippen molar-refractivity contribution in [2.75, 3.05) is 16.9 Å². The number of phenols is 1. The number of anilines is 2. The number of hydrogen-bond donors (Lipinski definition) is 1. The lowest BCUT2D eigenvalue weighted by molar-refractivity contribution is -0.125. The van der Waals surface area contributed by atoms with Crippen LogP contribution in [0, 0.1) is 23.6 Å². The van der Waals surface area contributed by atoms with Gasteiger partial charge in [-0.25, -0.2) is 9.29 Å². The number of allylic oxidation sites excluding steroid dienone is 2. The number of fused-ring (bicyclic) bond motifs is 4. The number of ketones is 1. The van der Waals surface area contributed by atoms with Crippen LogP contribution in [-0.2, 0) is 19.2 Å². The number of carbonyl (C=O) groups is 5. The number of halogens is 3. The number of imide groups is 2. The number of Topliss-reactive ketones (excluding diaryl/α,β-unsaturated/α-hetero) is 1. The number of aromatic hydroxyl groups is 1. The van der Waals surface area contributed by atoms with Gasteiger partial charge in [0.25, 0.3) is 11.8 Å². The molecule has 0 aromatic heterocycles. The second-order valence-electron chi connectivity index (χ2n) is 12.3. The fourth-order valence-corrected chi connectivity index (χ4v) is 8.68. The number of alkyl halides is 2. The average Bonchev–Trinajstić information content (AvgIpc) is 3.39. The summed E-state index contributed by atoms with van der Waals surface area (Å²) in [6.07, 6.45) is 1.71. The molecule has 9 nitrogen and oxygen atoms in total. The minimum absolute atomic E-state index is 0.0695. The Labute approximate surface area is 278 Å². The molecule has 2 aliphatic heterocycles. The summed E-state index contributed by atoms with van der Waals surface area (Å²) in [5.41, 5.74) is 1.75. The SMILES string of the molecule is COc1cc([C@H]2C3=CC[C@@H]4C(=O)N(c5ccc(C(C)=O)cc5)C(=O)[C@@H]4[C@@H]3C[C@@]3(Cl)C(=O)N(c4ccc(F)cc4)C(=O)[C@@]23Cl)ccc1O. The molecule has 3 fully saturated rings. The average molecular weight is 678 g/mol. The summed E-state index contributed by atoms with van der Waals surface area (Å²) < 4.78 is 19.2. The van der Waals surface area contributed by atoms with Gasteiger partial charge in [0, 0.05) is 11.5 Å². The second-order valence-corrected chi connectivity index (χ2v) is 13.5. The highest BCUT2D eigenvalue weighted by atomic mass is 35.5. The number of ether oxygens (including phenoxy) is 1. The van der Waals surface area contributed by atoms with Crippen LogP contribution in [0.25, 0.3) is 0 Å². The maximum Gasteiger partial charge on any atom is 0.258 e. The molecular weight excluding hydrogens is 650 g/mol. The minimum Gasteiger partial charge on any atom is -0.504 e. The zero-order valence-electron chi connectivity index (χ0n) is 25.1. The molecule has 6 atom stereocenters. The van der Waals surface area contributed by atoms with Crippen LogP contribution >= 0.6 is 23.2 Å². The van der Waals surface area contributed by atoms with Gasteiger partial charge in [-0.1, -0.05) is 17.7 Å². The predicted molar refractivity (Wildman–Crippen MR) is 170 cm³/mol. The molecule has 7 rings (SSSR count). The number of methoxy groups -OCH3 is 1. The van der Waals surface area contributed by atoms with E-state index >= 15 is 0 Å². The molecule has 3 aromatic carbocycles. The highest BCUT2D eigenvalue weighted by Crippen LogP contribution is 2.66. The van der Waals surface area contributed by atoms with Gasteiger partial charge in [0.2, 0.25) is 11.8 Å². The van der Waals surface area contributed by atoms with Crippen molar-refractivity contribution in [2.24, 2.45) is 17.8 Å². The molecule has 4 amide bonds. The van der Waals surface area contributed by atoms with Crippen LogP contribution in [0.15, 0.2) is 78.4 Å². The van der Waals surface area contributed by atoms with Crippen molar-refractivity contribution >= 4 is 64.0 Å². The molecule has 2 saturated heterocycles. The number of phenolic OH excluding ortho intramolecular Hbond substituents is 1. The third-order valence-corrected chi connectivity index (χ3v) is 11.4. The van der Waals surface area contributed by atoms with E-state index in [1.807, 2.05) is 0 Å². The summed E-state index contributed by atoms with van der Waals surface area (Å²) in [6, 6.07) is 15.3. The van der Waals surface area contributed by atoms with Gasteiger partial charge in [-0.2, -0.15) is 0 Å². The predicted octanol–water partition coefficient (Wildman–Crippen LogP) is 5.51. The van der Waals surface area contributed by atoms with Gasteiger partial charge in [-0.15, -0.1) is 23.2 Å². The lowest BCUT2D eigenvalue weighted by Crippen LogP contribution is -2.60. The molecule has 1 saturated carbocycles. The van der Waals surface area contributed by atoms with Crippen LogP contribution in [0.1, 0.15) is 41.6 Å². The molecular formula is C35H27Cl2FN2O7. The van der Waals surface area contributed by atoms with Crippen molar-refractivity contribution in [2.45, 2.75) is 35.4 Å². The highest BCUT2D eigenvalue weighted by Gasteiger charge is 2.76. The smallest absolute Gasteiger partial charge is 0.258 e. The molecule has 12 heteroatoms. The first kappa shape index (κ1) is 31.1. The summed E-state index contributed by atoms with van der Waals surface area (Å²) in [5.74, 6) is -7.02. The number of carbonyl (C=O) groups excluding carboxylic acids is 5. The first-order valence-electron chi connectivity index (χ1n) is 14.9. The van der Waals surface area contributed by atoms with Crippen molar-refractivity contribution in [3.8, 4) is 11.5 Å². The fourth-order valence-electron chi connectivity index (χ4n) is 7.75. The monoisotopic (exact) mass is 676 g/mol. The molecule has 2 heterocycles. The van der Waals surface area contributed by atoms with Crippen LogP contribution in [0.2, 0.25) is 0 Å². The van der Waals surface area contributed by atoms with Gasteiger partial charge in [-0.05, 0) is 91.9 Å². The summed E-state index contributed by atoms with van der Waals surface area (Å²) in [6.45, 7) is 1.41. The Morgan fingerprint density at radius 2 is 1.53 bits per heavy atom. The third-order valence-electron chi connectivity index (χ3n) is 9.97. The second kappa shape index (κ2) is 10.7. The zero-order valence-corrected chi connectivity index (χ0v) is 26.6. The molecule has 47 heavy (non-hydrogen) atoms. The van der Waals surface area contributed by atoms with E-state index in [0.717, 1.165) is 21.9 Å². The van der Waals surface area contributed by atoms with E-state index in [2.05, 4.69) is 0 Å². The van der Waals surface area contributed by atoms with Crippen molar-refractivity contribution in [1.82, 2.24) is 0 Å². The van der Waals surface area contributed by atoms with Gasteiger partial charge in [-0.3, -0.25) is 28.9 Å². The van der Waals surface area contributed by atoms with Crippen LogP contribution in [0.3, 0.4) is 0 Å². The van der Waals surface area contributed by atoms with Crippen molar-refractivity contribution in [1.29, 1.82) is 0 Å². The van der Waals surface area contributed by atoms with Gasteiger partial charge in [0.05, 0.1) is 30.3 Å². The number of rotatable bonds is 5. The molecule has 0 unspecified atom stereocenters. The normalized spacial score (nSPS) is 29.8. The molecule has 3 aromatic rings. The molecule has 2 aliphatic carbocycles. The quantitative estimate of drug-likeness (QED) is 0.164. The number of hydrogen-bond acceptors (Lipinski definition) is 7. The largest absolute Gasteiger partial charge is 0.504 e. The Morgan fingerprint density at radius 3 is 2.17 bits per heavy atom. The van der Waals surface area contributed by atoms with E-state index in [1.54, 1.807) is 24.3 Å². The van der Waals surface area contributed by atoms with Gasteiger partial charge >= 0.3 is 0 Å². The van der Waals surface area contributed by atoms with Gasteiger partial charge < -0.3 is 9.84 Å². The van der Waals surface area contributed by atoms with Crippen LogP contribution in [0.5, 0.6) is 11.5 Å². The third kappa shape index (κ3) is 4.24. The summed E-state index contributed by atoms with van der Waals surface area (Å²) >= 11 is 14.7. The summed E-state index contributed by atoms with van der Waals surface area (Å²) in [7, 11) is 1.36. The summed E-state index contributed by atoms with van der Waals surface area (Å²) in [4.78, 5) is 66.4. The van der Waals surface area contributed by atoms with E-state index in [1.165, 1.54) is 50.4 Å². The first-order chi connectivity index (χ1) is 22.3. The minimum atomic E-state index is -2.12. The zero-order chi connectivity index (χ0) is 33.6. The van der Waals surface area contributed by atoms with Crippen LogP contribution < -0.4 is 14.5 Å². The number of benzene rings is 3. The highest BCUT2D eigenvalue weighted by molar-refractivity contribution is 6.58. The van der Waals surface area contributed by atoms with E-state index in [9.17, 15) is 33.5 Å². The summed E-state index contributed by atoms with van der Waals surface area (Å²) in [5, 5.41) is 10.4. The lowest BCUT2D eigenvalue weighted by atomic mass is 9.56. The van der Waals surface area contributed by atoms with Crippen LogP contribution in [-0.4, -0.2) is 51.4 Å². The Bertz CT molecular complexity index is 1930. The van der Waals surface area contributed by atoms with Crippen molar-refractivity contribution < 1.29 is 38.2 Å². The lowest BCUT2D eigenvalue weighted by Gasteiger charge is -2.50. The standard InChI is InChI=1S/C35H27Cl2FN2O7/c1-17(41)18-3-8-21(9-4-18)39-30(43)24-13-12-23-25(28(24)31(39)44)16-34(36)32(45)40(22-10-6-20(38)7-11-22)33(46)35(34,37)29(23)19-5-14-26(42)27(15-19)47-2/h3-12,14-15,24-25,28-29,42H,13,16H2,1-2H3/t24-,25+,28-,29-,34+,35-/m0/s1. The Morgan fingerprint density at radius 1 is 0.894 bits per heavy atom. The fraction of sp³-hybridized carbons (Fsp3) is 0.286. The van der Waals surface area contributed by atoms with Gasteiger partial charge in [0.15, 0.2) is 27.0 Å². The van der Waals surface area contributed by atoms with E-state index in [4.69, 9.17) is 27.9 Å².